The summed E-state index contributed by atoms with van der Waals surface area (Å²) < 4.78 is 15.3. The largest absolute Gasteiger partial charge is 0.287 e. The number of hydrogen-bond donors (Lipinski definition) is 0. The number of hydrogen-bond acceptors (Lipinski definition) is 2. The lowest BCUT2D eigenvalue weighted by Gasteiger charge is -2.05. The Morgan fingerprint density at radius 1 is 1.47 bits per heavy atom. The third-order valence-electron chi connectivity index (χ3n) is 2.42. The second-order valence-electron chi connectivity index (χ2n) is 3.49. The monoisotopic (exact) mass is 296 g/mol. The predicted molar refractivity (Wildman–Crippen MR) is 65.4 cm³/mol. The van der Waals surface area contributed by atoms with Gasteiger partial charge in [0.25, 0.3) is 0 Å². The van der Waals surface area contributed by atoms with Crippen molar-refractivity contribution >= 4 is 21.7 Å². The van der Waals surface area contributed by atoms with Crippen molar-refractivity contribution in [2.24, 2.45) is 0 Å². The van der Waals surface area contributed by atoms with Gasteiger partial charge >= 0.3 is 0 Å². The first-order valence-electron chi connectivity index (χ1n) is 5.15. The molecule has 88 valence electrons. The van der Waals surface area contributed by atoms with Gasteiger partial charge in [-0.25, -0.2) is 4.39 Å². The minimum Gasteiger partial charge on any atom is -0.287 e. The van der Waals surface area contributed by atoms with Crippen molar-refractivity contribution in [2.45, 2.75) is 13.5 Å². The zero-order valence-electron chi connectivity index (χ0n) is 9.15. The lowest BCUT2D eigenvalue weighted by molar-refractivity contribution is 0.102. The molecule has 2 aromatic rings. The van der Waals surface area contributed by atoms with Gasteiger partial charge in [-0.1, -0.05) is 15.9 Å². The molecule has 0 amide bonds. The van der Waals surface area contributed by atoms with Gasteiger partial charge in [0.15, 0.2) is 0 Å². The molecule has 0 radical (unpaired) electrons. The third kappa shape index (κ3) is 2.29. The Bertz CT molecular complexity index is 565. The highest BCUT2D eigenvalue weighted by atomic mass is 79.9. The Kier molecular flexibility index (Phi) is 3.38. The lowest BCUT2D eigenvalue weighted by Crippen LogP contribution is -2.11. The number of carbonyl (C=O) groups excluding carboxylic acids is 1. The molecule has 0 atom stereocenters. The van der Waals surface area contributed by atoms with E-state index in [-0.39, 0.29) is 5.78 Å². The molecular weight excluding hydrogens is 287 g/mol. The summed E-state index contributed by atoms with van der Waals surface area (Å²) in [5.74, 6) is -0.671. The van der Waals surface area contributed by atoms with E-state index < -0.39 is 5.82 Å². The molecule has 0 bridgehead atoms. The molecule has 2 rings (SSSR count). The van der Waals surface area contributed by atoms with Crippen molar-refractivity contribution < 1.29 is 9.18 Å². The van der Waals surface area contributed by atoms with Gasteiger partial charge in [0.05, 0.1) is 0 Å². The SMILES string of the molecule is CCn1nccc1C(=O)c1cc(F)ccc1Br. The normalized spacial score (nSPS) is 10.5. The summed E-state index contributed by atoms with van der Waals surface area (Å²) in [6.07, 6.45) is 1.56. The number of halogens is 2. The summed E-state index contributed by atoms with van der Waals surface area (Å²) in [5, 5.41) is 4.02. The van der Waals surface area contributed by atoms with Crippen LogP contribution in [-0.2, 0) is 6.54 Å². The van der Waals surface area contributed by atoms with Gasteiger partial charge in [0, 0.05) is 22.8 Å². The average molecular weight is 297 g/mol. The summed E-state index contributed by atoms with van der Waals surface area (Å²) >= 11 is 3.25. The van der Waals surface area contributed by atoms with E-state index >= 15 is 0 Å². The zero-order chi connectivity index (χ0) is 12.4. The van der Waals surface area contributed by atoms with Crippen LogP contribution < -0.4 is 0 Å². The molecule has 0 fully saturated rings. The highest BCUT2D eigenvalue weighted by molar-refractivity contribution is 9.10. The van der Waals surface area contributed by atoms with Crippen molar-refractivity contribution in [2.75, 3.05) is 0 Å². The highest BCUT2D eigenvalue weighted by Crippen LogP contribution is 2.21. The lowest BCUT2D eigenvalue weighted by atomic mass is 10.1. The van der Waals surface area contributed by atoms with E-state index in [2.05, 4.69) is 21.0 Å². The van der Waals surface area contributed by atoms with E-state index in [1.807, 2.05) is 6.92 Å². The molecule has 0 N–H and O–H groups in total. The fourth-order valence-corrected chi connectivity index (χ4v) is 2.01. The molecule has 0 saturated heterocycles. The summed E-state index contributed by atoms with van der Waals surface area (Å²) in [6, 6.07) is 5.68. The van der Waals surface area contributed by atoms with Crippen LogP contribution in [0, 0.1) is 5.82 Å². The maximum atomic E-state index is 13.1. The molecule has 0 spiro atoms. The van der Waals surface area contributed by atoms with Crippen LogP contribution in [0.3, 0.4) is 0 Å². The standard InChI is InChI=1S/C12H10BrFN2O/c1-2-16-11(5-6-15-16)12(17)9-7-8(14)3-4-10(9)13/h3-7H,2H2,1H3. The molecule has 3 nitrogen and oxygen atoms in total. The fraction of sp³-hybridized carbons (Fsp3) is 0.167. The molecule has 17 heavy (non-hydrogen) atoms. The van der Waals surface area contributed by atoms with E-state index in [9.17, 15) is 9.18 Å². The number of rotatable bonds is 3. The summed E-state index contributed by atoms with van der Waals surface area (Å²) in [7, 11) is 0. The van der Waals surface area contributed by atoms with Crippen LogP contribution in [0.4, 0.5) is 4.39 Å². The molecule has 0 saturated carbocycles. The van der Waals surface area contributed by atoms with Crippen LogP contribution in [0.2, 0.25) is 0 Å². The van der Waals surface area contributed by atoms with Crippen molar-refractivity contribution in [1.82, 2.24) is 9.78 Å². The van der Waals surface area contributed by atoms with E-state index in [0.29, 0.717) is 22.3 Å². The zero-order valence-corrected chi connectivity index (χ0v) is 10.7. The van der Waals surface area contributed by atoms with Gasteiger partial charge in [0.1, 0.15) is 11.5 Å². The number of benzene rings is 1. The molecule has 0 aliphatic carbocycles. The van der Waals surface area contributed by atoms with Crippen molar-refractivity contribution in [1.29, 1.82) is 0 Å². The summed E-state index contributed by atoms with van der Waals surface area (Å²) in [5.41, 5.74) is 0.763. The molecule has 0 aliphatic rings. The first-order chi connectivity index (χ1) is 8.13. The van der Waals surface area contributed by atoms with Crippen molar-refractivity contribution in [3.05, 3.63) is 52.0 Å². The Morgan fingerprint density at radius 3 is 2.94 bits per heavy atom. The molecule has 1 aromatic heterocycles. The molecule has 5 heteroatoms. The topological polar surface area (TPSA) is 34.9 Å². The maximum absolute atomic E-state index is 13.1. The molecule has 0 aliphatic heterocycles. The second-order valence-corrected chi connectivity index (χ2v) is 4.34. The van der Waals surface area contributed by atoms with Crippen LogP contribution in [-0.4, -0.2) is 15.6 Å². The maximum Gasteiger partial charge on any atom is 0.212 e. The minimum absolute atomic E-state index is 0.240. The van der Waals surface area contributed by atoms with Crippen LogP contribution in [0.15, 0.2) is 34.9 Å². The van der Waals surface area contributed by atoms with Gasteiger partial charge in [-0.2, -0.15) is 5.10 Å². The third-order valence-corrected chi connectivity index (χ3v) is 3.11. The predicted octanol–water partition coefficient (Wildman–Crippen LogP) is 3.04. The van der Waals surface area contributed by atoms with E-state index in [1.54, 1.807) is 16.9 Å². The smallest absolute Gasteiger partial charge is 0.212 e. The second kappa shape index (κ2) is 4.79. The Balaban J connectivity index is 2.47. The van der Waals surface area contributed by atoms with Crippen LogP contribution in [0.5, 0.6) is 0 Å². The van der Waals surface area contributed by atoms with E-state index in [4.69, 9.17) is 0 Å². The molecule has 0 unspecified atom stereocenters. The number of carbonyl (C=O) groups is 1. The fourth-order valence-electron chi connectivity index (χ4n) is 1.59. The van der Waals surface area contributed by atoms with E-state index in [1.165, 1.54) is 18.2 Å². The average Bonchev–Trinajstić information content (AvgIpc) is 2.79. The number of aryl methyl sites for hydroxylation is 1. The minimum atomic E-state index is -0.431. The van der Waals surface area contributed by atoms with Gasteiger partial charge in [0.2, 0.25) is 5.78 Å². The quantitative estimate of drug-likeness (QED) is 0.816. The Labute approximate surface area is 106 Å². The molecule has 1 aromatic carbocycles. The highest BCUT2D eigenvalue weighted by Gasteiger charge is 2.17. The summed E-state index contributed by atoms with van der Waals surface area (Å²) in [6.45, 7) is 2.49. The van der Waals surface area contributed by atoms with Gasteiger partial charge in [-0.3, -0.25) is 9.48 Å². The van der Waals surface area contributed by atoms with Gasteiger partial charge < -0.3 is 0 Å². The first-order valence-corrected chi connectivity index (χ1v) is 5.94. The van der Waals surface area contributed by atoms with Gasteiger partial charge in [-0.15, -0.1) is 0 Å². The molecular formula is C12H10BrFN2O. The Hall–Kier alpha value is -1.49. The number of ketones is 1. The van der Waals surface area contributed by atoms with Crippen LogP contribution in [0.1, 0.15) is 23.0 Å². The van der Waals surface area contributed by atoms with Crippen LogP contribution >= 0.6 is 15.9 Å². The van der Waals surface area contributed by atoms with Gasteiger partial charge in [-0.05, 0) is 31.2 Å². The Morgan fingerprint density at radius 2 is 2.24 bits per heavy atom. The van der Waals surface area contributed by atoms with Crippen molar-refractivity contribution in [3.8, 4) is 0 Å². The van der Waals surface area contributed by atoms with Crippen molar-refractivity contribution in [3.63, 3.8) is 0 Å². The number of nitrogens with zero attached hydrogens (tertiary/aromatic N) is 2. The van der Waals surface area contributed by atoms with Crippen LogP contribution in [0.25, 0.3) is 0 Å². The first kappa shape index (κ1) is 12.0. The molecule has 1 heterocycles. The summed E-state index contributed by atoms with van der Waals surface area (Å²) in [4.78, 5) is 12.2. The number of aromatic nitrogens is 2. The van der Waals surface area contributed by atoms with E-state index in [0.717, 1.165) is 0 Å².